The van der Waals surface area contributed by atoms with Crippen LogP contribution < -0.4 is 10.6 Å². The molecule has 3 rings (SSSR count). The molecule has 1 heterocycles. The van der Waals surface area contributed by atoms with Gasteiger partial charge in [-0.2, -0.15) is 0 Å². The van der Waals surface area contributed by atoms with Crippen molar-refractivity contribution < 1.29 is 9.90 Å². The van der Waals surface area contributed by atoms with E-state index in [1.165, 1.54) is 22.5 Å². The van der Waals surface area contributed by atoms with E-state index in [4.69, 9.17) is 0 Å². The van der Waals surface area contributed by atoms with Gasteiger partial charge in [0.25, 0.3) is 0 Å². The predicted octanol–water partition coefficient (Wildman–Crippen LogP) is 2.79. The van der Waals surface area contributed by atoms with Gasteiger partial charge in [-0.1, -0.05) is 24.3 Å². The van der Waals surface area contributed by atoms with E-state index in [-0.39, 0.29) is 12.6 Å². The molecule has 0 spiro atoms. The number of anilines is 1. The molecule has 1 aromatic carbocycles. The number of amides is 2. The lowest BCUT2D eigenvalue weighted by molar-refractivity contribution is 0.0295. The first kappa shape index (κ1) is 14.1. The maximum absolute atomic E-state index is 11.8. The second-order valence-corrected chi connectivity index (χ2v) is 6.40. The molecular formula is C16H18N2O2S. The van der Waals surface area contributed by atoms with Crippen LogP contribution in [-0.2, 0) is 12.8 Å². The van der Waals surface area contributed by atoms with Crippen molar-refractivity contribution in [2.45, 2.75) is 24.9 Å². The van der Waals surface area contributed by atoms with Gasteiger partial charge in [0, 0.05) is 13.0 Å². The number of thiophene rings is 1. The van der Waals surface area contributed by atoms with Crippen molar-refractivity contribution in [2.24, 2.45) is 0 Å². The van der Waals surface area contributed by atoms with Gasteiger partial charge < -0.3 is 10.4 Å². The fourth-order valence-corrected chi connectivity index (χ4v) is 3.30. The van der Waals surface area contributed by atoms with Crippen LogP contribution in [0, 0.1) is 0 Å². The summed E-state index contributed by atoms with van der Waals surface area (Å²) in [6.45, 7) is 0.262. The molecular weight excluding hydrogens is 284 g/mol. The predicted molar refractivity (Wildman–Crippen MR) is 84.8 cm³/mol. The Balaban J connectivity index is 1.57. The lowest BCUT2D eigenvalue weighted by Gasteiger charge is -2.33. The third kappa shape index (κ3) is 3.43. The standard InChI is InChI=1S/C16H18N2O2S/c19-15(18-14-6-3-9-21-14)17-11-16(20)8-7-12-4-1-2-5-13(12)10-16/h1-6,9,20H,7-8,10-11H2,(H2,17,18,19). The van der Waals surface area contributed by atoms with Gasteiger partial charge in [0.2, 0.25) is 0 Å². The third-order valence-corrected chi connectivity index (χ3v) is 4.62. The zero-order valence-electron chi connectivity index (χ0n) is 11.6. The molecule has 4 nitrogen and oxygen atoms in total. The van der Waals surface area contributed by atoms with Gasteiger partial charge in [-0.05, 0) is 41.5 Å². The van der Waals surface area contributed by atoms with Crippen molar-refractivity contribution in [1.29, 1.82) is 0 Å². The van der Waals surface area contributed by atoms with Crippen LogP contribution in [0.4, 0.5) is 9.80 Å². The minimum Gasteiger partial charge on any atom is -0.388 e. The quantitative estimate of drug-likeness (QED) is 0.816. The van der Waals surface area contributed by atoms with Crippen molar-refractivity contribution in [3.05, 3.63) is 52.9 Å². The average Bonchev–Trinajstić information content (AvgIpc) is 2.98. The maximum atomic E-state index is 11.8. The molecule has 110 valence electrons. The third-order valence-electron chi connectivity index (χ3n) is 3.83. The van der Waals surface area contributed by atoms with Crippen LogP contribution in [0.3, 0.4) is 0 Å². The first-order chi connectivity index (χ1) is 10.1. The van der Waals surface area contributed by atoms with E-state index in [1.807, 2.05) is 35.7 Å². The van der Waals surface area contributed by atoms with Crippen molar-refractivity contribution in [1.82, 2.24) is 5.32 Å². The summed E-state index contributed by atoms with van der Waals surface area (Å²) in [5.41, 5.74) is 1.61. The lowest BCUT2D eigenvalue weighted by Crippen LogP contribution is -2.47. The second kappa shape index (κ2) is 5.87. The van der Waals surface area contributed by atoms with Crippen LogP contribution in [0.25, 0.3) is 0 Å². The number of rotatable bonds is 3. The van der Waals surface area contributed by atoms with E-state index in [0.717, 1.165) is 11.4 Å². The molecule has 0 aliphatic heterocycles. The number of fused-ring (bicyclic) bond motifs is 1. The number of aryl methyl sites for hydroxylation is 1. The largest absolute Gasteiger partial charge is 0.388 e. The van der Waals surface area contributed by atoms with Gasteiger partial charge in [0.1, 0.15) is 0 Å². The van der Waals surface area contributed by atoms with Gasteiger partial charge >= 0.3 is 6.03 Å². The Kier molecular flexibility index (Phi) is 3.94. The number of carbonyl (C=O) groups is 1. The number of carbonyl (C=O) groups excluding carboxylic acids is 1. The monoisotopic (exact) mass is 302 g/mol. The minimum absolute atomic E-state index is 0.262. The summed E-state index contributed by atoms with van der Waals surface area (Å²) >= 11 is 1.47. The van der Waals surface area contributed by atoms with E-state index in [9.17, 15) is 9.90 Å². The Morgan fingerprint density at radius 3 is 2.81 bits per heavy atom. The molecule has 1 aliphatic carbocycles. The summed E-state index contributed by atoms with van der Waals surface area (Å²) in [5, 5.41) is 18.9. The lowest BCUT2D eigenvalue weighted by atomic mass is 9.80. The zero-order valence-corrected chi connectivity index (χ0v) is 12.5. The first-order valence-corrected chi connectivity index (χ1v) is 7.90. The number of urea groups is 1. The number of hydrogen-bond donors (Lipinski definition) is 3. The van der Waals surface area contributed by atoms with Crippen LogP contribution in [-0.4, -0.2) is 23.3 Å². The number of hydrogen-bond acceptors (Lipinski definition) is 3. The Morgan fingerprint density at radius 1 is 1.24 bits per heavy atom. The number of benzene rings is 1. The fraction of sp³-hybridized carbons (Fsp3) is 0.312. The molecule has 0 bridgehead atoms. The average molecular weight is 302 g/mol. The Hall–Kier alpha value is -1.85. The maximum Gasteiger partial charge on any atom is 0.319 e. The summed E-state index contributed by atoms with van der Waals surface area (Å²) in [6.07, 6.45) is 2.10. The summed E-state index contributed by atoms with van der Waals surface area (Å²) < 4.78 is 0. The summed E-state index contributed by atoms with van der Waals surface area (Å²) in [6, 6.07) is 11.6. The van der Waals surface area contributed by atoms with E-state index in [1.54, 1.807) is 0 Å². The summed E-state index contributed by atoms with van der Waals surface area (Å²) in [5.74, 6) is 0. The van der Waals surface area contributed by atoms with Gasteiger partial charge in [-0.25, -0.2) is 4.79 Å². The summed E-state index contributed by atoms with van der Waals surface area (Å²) in [7, 11) is 0. The highest BCUT2D eigenvalue weighted by Crippen LogP contribution is 2.28. The Labute approximate surface area is 127 Å². The molecule has 1 aliphatic rings. The second-order valence-electron chi connectivity index (χ2n) is 5.45. The normalized spacial score (nSPS) is 20.6. The van der Waals surface area contributed by atoms with Crippen molar-refractivity contribution >= 4 is 22.4 Å². The summed E-state index contributed by atoms with van der Waals surface area (Å²) in [4.78, 5) is 11.8. The van der Waals surface area contributed by atoms with E-state index < -0.39 is 5.60 Å². The SMILES string of the molecule is O=C(NCC1(O)CCc2ccccc2C1)Nc1cccs1. The molecule has 1 unspecified atom stereocenters. The smallest absolute Gasteiger partial charge is 0.319 e. The van der Waals surface area contributed by atoms with Crippen molar-refractivity contribution in [3.8, 4) is 0 Å². The Bertz CT molecular complexity index is 627. The van der Waals surface area contributed by atoms with E-state index in [2.05, 4.69) is 16.7 Å². The van der Waals surface area contributed by atoms with Crippen LogP contribution in [0.2, 0.25) is 0 Å². The highest BCUT2D eigenvalue weighted by Gasteiger charge is 2.32. The van der Waals surface area contributed by atoms with E-state index in [0.29, 0.717) is 12.8 Å². The highest BCUT2D eigenvalue weighted by molar-refractivity contribution is 7.14. The molecule has 0 fully saturated rings. The fourth-order valence-electron chi connectivity index (χ4n) is 2.69. The minimum atomic E-state index is -0.860. The highest BCUT2D eigenvalue weighted by atomic mass is 32.1. The molecule has 5 heteroatoms. The molecule has 2 amide bonds. The van der Waals surface area contributed by atoms with E-state index >= 15 is 0 Å². The van der Waals surface area contributed by atoms with Gasteiger partial charge in [-0.15, -0.1) is 11.3 Å². The van der Waals surface area contributed by atoms with Crippen molar-refractivity contribution in [2.75, 3.05) is 11.9 Å². The molecule has 1 aromatic heterocycles. The molecule has 0 saturated heterocycles. The zero-order chi connectivity index (χ0) is 14.7. The van der Waals surface area contributed by atoms with Crippen molar-refractivity contribution in [3.63, 3.8) is 0 Å². The topological polar surface area (TPSA) is 61.4 Å². The number of aliphatic hydroxyl groups is 1. The molecule has 3 N–H and O–H groups in total. The van der Waals surface area contributed by atoms with Crippen LogP contribution >= 0.6 is 11.3 Å². The molecule has 1 atom stereocenters. The van der Waals surface area contributed by atoms with Gasteiger partial charge in [0.15, 0.2) is 0 Å². The first-order valence-electron chi connectivity index (χ1n) is 7.02. The molecule has 2 aromatic rings. The van der Waals surface area contributed by atoms with Gasteiger partial charge in [-0.3, -0.25) is 5.32 Å². The molecule has 0 radical (unpaired) electrons. The van der Waals surface area contributed by atoms with Crippen LogP contribution in [0.1, 0.15) is 17.5 Å². The van der Waals surface area contributed by atoms with Crippen LogP contribution in [0.5, 0.6) is 0 Å². The number of nitrogens with one attached hydrogen (secondary N) is 2. The van der Waals surface area contributed by atoms with Gasteiger partial charge in [0.05, 0.1) is 10.6 Å². The molecule has 21 heavy (non-hydrogen) atoms. The molecule has 0 saturated carbocycles. The Morgan fingerprint density at radius 2 is 2.05 bits per heavy atom. The van der Waals surface area contributed by atoms with Crippen LogP contribution in [0.15, 0.2) is 41.8 Å².